The molecule has 39 heavy (non-hydrogen) atoms. The third kappa shape index (κ3) is 7.52. The number of hydrogen-bond acceptors (Lipinski definition) is 8. The van der Waals surface area contributed by atoms with Crippen LogP contribution in [0.2, 0.25) is 0 Å². The highest BCUT2D eigenvalue weighted by Gasteiger charge is 2.20. The van der Waals surface area contributed by atoms with Crippen molar-refractivity contribution in [3.8, 4) is 6.01 Å². The Kier molecular flexibility index (Phi) is 9.45. The first-order valence-corrected chi connectivity index (χ1v) is 12.7. The number of nitrogens with zero attached hydrogens (tertiary/aromatic N) is 5. The van der Waals surface area contributed by atoms with Crippen LogP contribution in [0.4, 0.5) is 26.2 Å². The highest BCUT2D eigenvalue weighted by Crippen LogP contribution is 2.27. The summed E-state index contributed by atoms with van der Waals surface area (Å²) in [5.41, 5.74) is 1.55. The van der Waals surface area contributed by atoms with Gasteiger partial charge in [-0.1, -0.05) is 12.7 Å². The highest BCUT2D eigenvalue weighted by atomic mass is 19.1. The molecular weight excluding hydrogens is 506 g/mol. The van der Waals surface area contributed by atoms with Gasteiger partial charge in [-0.05, 0) is 32.1 Å². The fraction of sp³-hybridized carbons (Fsp3) is 0.370. The molecule has 3 aromatic rings. The Balaban J connectivity index is 1.52. The molecule has 1 saturated heterocycles. The lowest BCUT2D eigenvalue weighted by atomic mass is 10.2. The van der Waals surface area contributed by atoms with E-state index in [-0.39, 0.29) is 23.9 Å². The van der Waals surface area contributed by atoms with Crippen molar-refractivity contribution in [1.29, 1.82) is 0 Å². The van der Waals surface area contributed by atoms with E-state index < -0.39 is 11.7 Å². The maximum absolute atomic E-state index is 14.8. The number of anilines is 3. The lowest BCUT2D eigenvalue weighted by molar-refractivity contribution is 0.144. The van der Waals surface area contributed by atoms with Crippen molar-refractivity contribution < 1.29 is 18.3 Å². The third-order valence-corrected chi connectivity index (χ3v) is 6.16. The fourth-order valence-electron chi connectivity index (χ4n) is 4.20. The number of piperazine rings is 1. The standard InChI is InChI=1S/C27H34F2N8O2/c1-5-6-20-16-24(35-34-20)31-23-17-25(37-10-8-36(9-11-37)12-14-38-4)33-27(32-23)39-13-7-22(29)26-21(19(3)28)15-18(2)30-26/h5-7,15-17,30H,3,8-14H2,1-2,4H3,(H2,31,32,33,34,35)/b6-5+,22-7+. The summed E-state index contributed by atoms with van der Waals surface area (Å²) in [6, 6.07) is 5.26. The van der Waals surface area contributed by atoms with E-state index in [0.717, 1.165) is 38.4 Å². The quantitative estimate of drug-likeness (QED) is 0.303. The largest absolute Gasteiger partial charge is 0.459 e. The molecule has 0 spiro atoms. The van der Waals surface area contributed by atoms with E-state index in [4.69, 9.17) is 9.47 Å². The van der Waals surface area contributed by atoms with Crippen molar-refractivity contribution in [3.05, 3.63) is 59.6 Å². The number of ether oxygens (including phenoxy) is 2. The van der Waals surface area contributed by atoms with Crippen LogP contribution in [0.3, 0.4) is 0 Å². The molecular formula is C27H34F2N8O2. The van der Waals surface area contributed by atoms with Gasteiger partial charge in [0.2, 0.25) is 0 Å². The molecule has 0 radical (unpaired) electrons. The number of hydrogen-bond donors (Lipinski definition) is 3. The minimum Gasteiger partial charge on any atom is -0.459 e. The van der Waals surface area contributed by atoms with Crippen LogP contribution in [0.25, 0.3) is 17.7 Å². The van der Waals surface area contributed by atoms with Gasteiger partial charge >= 0.3 is 6.01 Å². The number of rotatable bonds is 12. The zero-order valence-corrected chi connectivity index (χ0v) is 22.4. The normalized spacial score (nSPS) is 14.8. The highest BCUT2D eigenvalue weighted by molar-refractivity contribution is 5.72. The number of H-pyrrole nitrogens is 2. The fourth-order valence-corrected chi connectivity index (χ4v) is 4.20. The van der Waals surface area contributed by atoms with Crippen LogP contribution in [-0.4, -0.2) is 83.1 Å². The number of allylic oxidation sites excluding steroid dienone is 1. The summed E-state index contributed by atoms with van der Waals surface area (Å²) in [5.74, 6) is 0.361. The van der Waals surface area contributed by atoms with Crippen molar-refractivity contribution >= 4 is 35.2 Å². The molecule has 208 valence electrons. The van der Waals surface area contributed by atoms with Crippen molar-refractivity contribution in [2.45, 2.75) is 13.8 Å². The van der Waals surface area contributed by atoms with E-state index >= 15 is 0 Å². The third-order valence-electron chi connectivity index (χ3n) is 6.16. The van der Waals surface area contributed by atoms with E-state index in [2.05, 4.69) is 46.8 Å². The summed E-state index contributed by atoms with van der Waals surface area (Å²) in [5, 5.41) is 10.4. The van der Waals surface area contributed by atoms with Gasteiger partial charge in [0.1, 0.15) is 29.9 Å². The molecule has 0 bridgehead atoms. The Hall–Kier alpha value is -4.03. The molecule has 3 aromatic heterocycles. The smallest absolute Gasteiger partial charge is 0.320 e. The van der Waals surface area contributed by atoms with Crippen LogP contribution in [0.1, 0.15) is 29.6 Å². The van der Waals surface area contributed by atoms with Crippen LogP contribution in [-0.2, 0) is 4.74 Å². The molecule has 0 saturated carbocycles. The second-order valence-electron chi connectivity index (χ2n) is 9.06. The molecule has 4 rings (SSSR count). The predicted octanol–water partition coefficient (Wildman–Crippen LogP) is 4.71. The van der Waals surface area contributed by atoms with E-state index in [1.165, 1.54) is 12.1 Å². The number of aromatic nitrogens is 5. The summed E-state index contributed by atoms with van der Waals surface area (Å²) in [7, 11) is 1.70. The van der Waals surface area contributed by atoms with Gasteiger partial charge in [0.15, 0.2) is 5.82 Å². The van der Waals surface area contributed by atoms with E-state index in [9.17, 15) is 8.78 Å². The second kappa shape index (κ2) is 13.2. The maximum Gasteiger partial charge on any atom is 0.320 e. The number of aryl methyl sites for hydroxylation is 1. The topological polar surface area (TPSA) is 107 Å². The van der Waals surface area contributed by atoms with E-state index in [1.54, 1.807) is 14.0 Å². The first kappa shape index (κ1) is 28.0. The van der Waals surface area contributed by atoms with Crippen molar-refractivity contribution in [3.63, 3.8) is 0 Å². The Morgan fingerprint density at radius 2 is 1.95 bits per heavy atom. The number of halogens is 2. The molecule has 12 heteroatoms. The van der Waals surface area contributed by atoms with Gasteiger partial charge in [-0.25, -0.2) is 8.78 Å². The first-order chi connectivity index (χ1) is 18.9. The van der Waals surface area contributed by atoms with Gasteiger partial charge in [0.25, 0.3) is 0 Å². The molecule has 0 aromatic carbocycles. The van der Waals surface area contributed by atoms with Crippen molar-refractivity contribution in [2.24, 2.45) is 0 Å². The van der Waals surface area contributed by atoms with Crippen LogP contribution >= 0.6 is 0 Å². The SMILES string of the molecule is C=C(F)c1cc(C)[nH]c1/C(F)=C\COc1nc(Nc2cc(/C=C/C)[nH]n2)cc(N2CCN(CCOC)CC2)n1. The number of methoxy groups -OCH3 is 1. The average molecular weight is 541 g/mol. The summed E-state index contributed by atoms with van der Waals surface area (Å²) < 4.78 is 39.5. The molecule has 4 heterocycles. The van der Waals surface area contributed by atoms with Gasteiger partial charge in [0, 0.05) is 63.2 Å². The molecule has 0 unspecified atom stereocenters. The minimum absolute atomic E-state index is 0.0161. The zero-order valence-electron chi connectivity index (χ0n) is 22.4. The van der Waals surface area contributed by atoms with Crippen LogP contribution in [0.5, 0.6) is 6.01 Å². The van der Waals surface area contributed by atoms with Gasteiger partial charge in [-0.3, -0.25) is 10.00 Å². The second-order valence-corrected chi connectivity index (χ2v) is 9.06. The van der Waals surface area contributed by atoms with Gasteiger partial charge in [-0.15, -0.1) is 0 Å². The minimum atomic E-state index is -0.719. The molecule has 1 aliphatic heterocycles. The Morgan fingerprint density at radius 1 is 1.15 bits per heavy atom. The molecule has 0 amide bonds. The van der Waals surface area contributed by atoms with Crippen LogP contribution in [0.15, 0.2) is 36.9 Å². The average Bonchev–Trinajstić information content (AvgIpc) is 3.54. The number of nitrogens with one attached hydrogen (secondary N) is 3. The monoisotopic (exact) mass is 540 g/mol. The van der Waals surface area contributed by atoms with Crippen molar-refractivity contribution in [2.75, 3.05) is 63.3 Å². The summed E-state index contributed by atoms with van der Waals surface area (Å²) in [6.07, 6.45) is 5.01. The van der Waals surface area contributed by atoms with Crippen LogP contribution in [0, 0.1) is 6.92 Å². The van der Waals surface area contributed by atoms with E-state index in [1.807, 2.05) is 31.2 Å². The lowest BCUT2D eigenvalue weighted by Crippen LogP contribution is -2.47. The molecule has 3 N–H and O–H groups in total. The Morgan fingerprint density at radius 3 is 2.67 bits per heavy atom. The Labute approximate surface area is 226 Å². The maximum atomic E-state index is 14.8. The number of aromatic amines is 2. The lowest BCUT2D eigenvalue weighted by Gasteiger charge is -2.35. The summed E-state index contributed by atoms with van der Waals surface area (Å²) >= 11 is 0. The molecule has 0 atom stereocenters. The predicted molar refractivity (Wildman–Crippen MR) is 149 cm³/mol. The molecule has 0 aliphatic carbocycles. The first-order valence-electron chi connectivity index (χ1n) is 12.7. The summed E-state index contributed by atoms with van der Waals surface area (Å²) in [6.45, 7) is 11.6. The zero-order chi connectivity index (χ0) is 27.8. The molecule has 10 nitrogen and oxygen atoms in total. The summed E-state index contributed by atoms with van der Waals surface area (Å²) in [4.78, 5) is 16.3. The van der Waals surface area contributed by atoms with Gasteiger partial charge in [0.05, 0.1) is 18.0 Å². The Bertz CT molecular complexity index is 1330. The van der Waals surface area contributed by atoms with Gasteiger partial charge < -0.3 is 24.7 Å². The molecule has 1 aliphatic rings. The molecule has 1 fully saturated rings. The van der Waals surface area contributed by atoms with Crippen LogP contribution < -0.4 is 15.0 Å². The van der Waals surface area contributed by atoms with Crippen molar-refractivity contribution in [1.82, 2.24) is 30.0 Å². The van der Waals surface area contributed by atoms with Gasteiger partial charge in [-0.2, -0.15) is 15.1 Å². The van der Waals surface area contributed by atoms with E-state index in [0.29, 0.717) is 29.8 Å².